The van der Waals surface area contributed by atoms with Gasteiger partial charge in [0.2, 0.25) is 0 Å². The molecule has 0 N–H and O–H groups in total. The quantitative estimate of drug-likeness (QED) is 0.586. The highest BCUT2D eigenvalue weighted by atomic mass is 16.5. The third-order valence-electron chi connectivity index (χ3n) is 3.82. The average molecular weight is 323 g/mol. The van der Waals surface area contributed by atoms with Crippen molar-refractivity contribution >= 4 is 11.6 Å². The fourth-order valence-electron chi connectivity index (χ4n) is 2.43. The van der Waals surface area contributed by atoms with Crippen LogP contribution in [0, 0.1) is 11.3 Å². The van der Waals surface area contributed by atoms with Crippen molar-refractivity contribution in [1.29, 1.82) is 5.26 Å². The third kappa shape index (κ3) is 3.69. The lowest BCUT2D eigenvalue weighted by Gasteiger charge is -2.13. The van der Waals surface area contributed by atoms with Crippen molar-refractivity contribution < 1.29 is 14.2 Å². The van der Waals surface area contributed by atoms with Crippen LogP contribution in [-0.4, -0.2) is 21.3 Å². The Morgan fingerprint density at radius 1 is 0.958 bits per heavy atom. The molecule has 0 atom stereocenters. The standard InChI is InChI=1S/C20H21NO3/c1-5-14-6-8-15(9-7-14)10-16(13-21)17-11-19(23-3)20(24-4)12-18(17)22-2/h6-12H,5H2,1-4H3. The molecular formula is C20H21NO3. The van der Waals surface area contributed by atoms with Gasteiger partial charge in [-0.3, -0.25) is 0 Å². The summed E-state index contributed by atoms with van der Waals surface area (Å²) in [7, 11) is 4.69. The molecule has 0 bridgehead atoms. The number of aryl methyl sites for hydroxylation is 1. The molecule has 0 radical (unpaired) electrons. The highest BCUT2D eigenvalue weighted by molar-refractivity contribution is 5.92. The summed E-state index contributed by atoms with van der Waals surface area (Å²) < 4.78 is 16.0. The maximum Gasteiger partial charge on any atom is 0.164 e. The third-order valence-corrected chi connectivity index (χ3v) is 3.82. The van der Waals surface area contributed by atoms with E-state index in [9.17, 15) is 5.26 Å². The van der Waals surface area contributed by atoms with Crippen LogP contribution in [0.1, 0.15) is 23.6 Å². The summed E-state index contributed by atoms with van der Waals surface area (Å²) in [6.07, 6.45) is 2.82. The van der Waals surface area contributed by atoms with Crippen molar-refractivity contribution in [2.45, 2.75) is 13.3 Å². The molecule has 2 aromatic carbocycles. The van der Waals surface area contributed by atoms with E-state index in [0.717, 1.165) is 12.0 Å². The molecule has 0 saturated heterocycles. The molecule has 124 valence electrons. The van der Waals surface area contributed by atoms with Crippen LogP contribution >= 0.6 is 0 Å². The Bertz CT molecular complexity index is 771. The van der Waals surface area contributed by atoms with Crippen molar-refractivity contribution in [2.75, 3.05) is 21.3 Å². The predicted molar refractivity (Wildman–Crippen MR) is 95.4 cm³/mol. The van der Waals surface area contributed by atoms with Gasteiger partial charge in [-0.15, -0.1) is 0 Å². The highest BCUT2D eigenvalue weighted by Crippen LogP contribution is 2.38. The first-order chi connectivity index (χ1) is 11.7. The van der Waals surface area contributed by atoms with Gasteiger partial charge in [0.05, 0.1) is 33.0 Å². The van der Waals surface area contributed by atoms with Gasteiger partial charge in [0.25, 0.3) is 0 Å². The maximum absolute atomic E-state index is 9.61. The zero-order chi connectivity index (χ0) is 17.5. The lowest BCUT2D eigenvalue weighted by molar-refractivity contribution is 0.348. The van der Waals surface area contributed by atoms with Gasteiger partial charge in [-0.1, -0.05) is 31.2 Å². The van der Waals surface area contributed by atoms with Crippen LogP contribution in [0.5, 0.6) is 17.2 Å². The van der Waals surface area contributed by atoms with Gasteiger partial charge in [-0.2, -0.15) is 5.26 Å². The molecule has 0 fully saturated rings. The summed E-state index contributed by atoms with van der Waals surface area (Å²) in [4.78, 5) is 0. The first kappa shape index (κ1) is 17.4. The van der Waals surface area contributed by atoms with Crippen molar-refractivity contribution in [3.05, 3.63) is 53.1 Å². The van der Waals surface area contributed by atoms with Gasteiger partial charge in [0.15, 0.2) is 11.5 Å². The first-order valence-corrected chi connectivity index (χ1v) is 7.67. The Labute approximate surface area is 142 Å². The second-order valence-corrected chi connectivity index (χ2v) is 5.17. The monoisotopic (exact) mass is 323 g/mol. The number of methoxy groups -OCH3 is 3. The maximum atomic E-state index is 9.61. The minimum absolute atomic E-state index is 0.497. The van der Waals surface area contributed by atoms with E-state index in [1.807, 2.05) is 18.2 Å². The van der Waals surface area contributed by atoms with E-state index >= 15 is 0 Å². The molecular weight excluding hydrogens is 302 g/mol. The lowest BCUT2D eigenvalue weighted by atomic mass is 10.0. The average Bonchev–Trinajstić information content (AvgIpc) is 2.65. The highest BCUT2D eigenvalue weighted by Gasteiger charge is 2.15. The summed E-state index contributed by atoms with van der Waals surface area (Å²) >= 11 is 0. The molecule has 0 aliphatic heterocycles. The summed E-state index contributed by atoms with van der Waals surface area (Å²) in [6.45, 7) is 2.11. The summed E-state index contributed by atoms with van der Waals surface area (Å²) in [5.74, 6) is 1.67. The van der Waals surface area contributed by atoms with Crippen LogP contribution in [0.2, 0.25) is 0 Å². The summed E-state index contributed by atoms with van der Waals surface area (Å²) in [6, 6.07) is 13.9. The lowest BCUT2D eigenvalue weighted by Crippen LogP contribution is -1.96. The number of benzene rings is 2. The largest absolute Gasteiger partial charge is 0.496 e. The van der Waals surface area contributed by atoms with Crippen molar-refractivity contribution in [1.82, 2.24) is 0 Å². The van der Waals surface area contributed by atoms with Crippen molar-refractivity contribution in [3.8, 4) is 23.3 Å². The van der Waals surface area contributed by atoms with E-state index in [2.05, 4.69) is 25.1 Å². The Morgan fingerprint density at radius 3 is 2.04 bits per heavy atom. The fraction of sp³-hybridized carbons (Fsp3) is 0.250. The van der Waals surface area contributed by atoms with Crippen LogP contribution in [0.4, 0.5) is 0 Å². The Balaban J connectivity index is 2.53. The second kappa shape index (κ2) is 8.07. The Kier molecular flexibility index (Phi) is 5.86. The Morgan fingerprint density at radius 2 is 1.54 bits per heavy atom. The smallest absolute Gasteiger partial charge is 0.164 e. The molecule has 0 spiro atoms. The van der Waals surface area contributed by atoms with Gasteiger partial charge >= 0.3 is 0 Å². The van der Waals surface area contributed by atoms with E-state index in [1.165, 1.54) is 5.56 Å². The molecule has 0 heterocycles. The number of nitriles is 1. The first-order valence-electron chi connectivity index (χ1n) is 7.67. The molecule has 0 aliphatic carbocycles. The number of hydrogen-bond donors (Lipinski definition) is 0. The molecule has 0 amide bonds. The zero-order valence-electron chi connectivity index (χ0n) is 14.4. The molecule has 0 unspecified atom stereocenters. The topological polar surface area (TPSA) is 51.5 Å². The van der Waals surface area contributed by atoms with Gasteiger partial charge in [-0.25, -0.2) is 0 Å². The summed E-state index contributed by atoms with van der Waals surface area (Å²) in [5, 5.41) is 9.61. The van der Waals surface area contributed by atoms with Crippen LogP contribution < -0.4 is 14.2 Å². The number of hydrogen-bond acceptors (Lipinski definition) is 4. The van der Waals surface area contributed by atoms with Gasteiger partial charge in [0.1, 0.15) is 5.75 Å². The van der Waals surface area contributed by atoms with Crippen molar-refractivity contribution in [2.24, 2.45) is 0 Å². The van der Waals surface area contributed by atoms with Crippen LogP contribution in [0.15, 0.2) is 36.4 Å². The van der Waals surface area contributed by atoms with Crippen molar-refractivity contribution in [3.63, 3.8) is 0 Å². The summed E-state index contributed by atoms with van der Waals surface area (Å²) in [5.41, 5.74) is 3.38. The number of rotatable bonds is 6. The van der Waals surface area contributed by atoms with Gasteiger partial charge < -0.3 is 14.2 Å². The SMILES string of the molecule is CCc1ccc(C=C(C#N)c2cc(OC)c(OC)cc2OC)cc1. The van der Waals surface area contributed by atoms with E-state index in [1.54, 1.807) is 33.5 Å². The zero-order valence-corrected chi connectivity index (χ0v) is 14.4. The molecule has 24 heavy (non-hydrogen) atoms. The Hall–Kier alpha value is -2.93. The van der Waals surface area contributed by atoms with Crippen LogP contribution in [0.25, 0.3) is 11.6 Å². The molecule has 2 rings (SSSR count). The van der Waals surface area contributed by atoms with E-state index in [0.29, 0.717) is 28.4 Å². The minimum Gasteiger partial charge on any atom is -0.496 e. The number of allylic oxidation sites excluding steroid dienone is 1. The molecule has 0 saturated carbocycles. The van der Waals surface area contributed by atoms with E-state index < -0.39 is 0 Å². The normalized spacial score (nSPS) is 10.9. The van der Waals surface area contributed by atoms with E-state index in [-0.39, 0.29) is 0 Å². The minimum atomic E-state index is 0.497. The fourth-order valence-corrected chi connectivity index (χ4v) is 2.43. The van der Waals surface area contributed by atoms with Gasteiger partial charge in [-0.05, 0) is 29.7 Å². The van der Waals surface area contributed by atoms with Crippen LogP contribution in [0.3, 0.4) is 0 Å². The second-order valence-electron chi connectivity index (χ2n) is 5.17. The number of nitrogens with zero attached hydrogens (tertiary/aromatic N) is 1. The molecule has 0 aliphatic rings. The number of ether oxygens (including phenoxy) is 3. The molecule has 4 heteroatoms. The predicted octanol–water partition coefficient (Wildman–Crippen LogP) is 4.34. The molecule has 4 nitrogen and oxygen atoms in total. The van der Waals surface area contributed by atoms with Crippen LogP contribution in [-0.2, 0) is 6.42 Å². The van der Waals surface area contributed by atoms with E-state index in [4.69, 9.17) is 14.2 Å². The molecule has 0 aromatic heterocycles. The van der Waals surface area contributed by atoms with Gasteiger partial charge in [0, 0.05) is 11.6 Å². The molecule has 2 aromatic rings.